The molecule has 1 aromatic rings. The molecule has 2 N–H and O–H groups in total. The second kappa shape index (κ2) is 8.40. The maximum Gasteiger partial charge on any atom is 0.125 e. The van der Waals surface area contributed by atoms with E-state index in [1.165, 1.54) is 16.7 Å². The Morgan fingerprint density at radius 2 is 1.76 bits per heavy atom. The van der Waals surface area contributed by atoms with Crippen molar-refractivity contribution in [3.05, 3.63) is 28.8 Å². The maximum atomic E-state index is 9.46. The van der Waals surface area contributed by atoms with Crippen LogP contribution in [0.15, 0.2) is 12.1 Å². The molecule has 0 heterocycles. The Morgan fingerprint density at radius 1 is 1.14 bits per heavy atom. The number of unbranched alkanes of at least 4 members (excludes halogenated alkanes) is 1. The lowest BCUT2D eigenvalue weighted by molar-refractivity contribution is 0.162. The molecule has 21 heavy (non-hydrogen) atoms. The first-order valence-corrected chi connectivity index (χ1v) is 7.98. The predicted molar refractivity (Wildman–Crippen MR) is 89.2 cm³/mol. The third-order valence-corrected chi connectivity index (χ3v) is 3.93. The normalized spacial score (nSPS) is 14.0. The highest BCUT2D eigenvalue weighted by atomic mass is 16.5. The molecule has 1 atom stereocenters. The minimum absolute atomic E-state index is 0.162. The predicted octanol–water partition coefficient (Wildman–Crippen LogP) is 3.52. The molecule has 1 rings (SSSR count). The fourth-order valence-corrected chi connectivity index (χ4v) is 2.84. The van der Waals surface area contributed by atoms with E-state index < -0.39 is 0 Å². The summed E-state index contributed by atoms with van der Waals surface area (Å²) in [6, 6.07) is 4.33. The van der Waals surface area contributed by atoms with Gasteiger partial charge in [-0.1, -0.05) is 24.6 Å². The molecule has 0 radical (unpaired) electrons. The van der Waals surface area contributed by atoms with Gasteiger partial charge in [-0.3, -0.25) is 0 Å². The molecular formula is C18H31NO2. The highest BCUT2D eigenvalue weighted by molar-refractivity contribution is 5.42. The van der Waals surface area contributed by atoms with Crippen molar-refractivity contribution in [3.63, 3.8) is 0 Å². The summed E-state index contributed by atoms with van der Waals surface area (Å²) < 4.78 is 5.95. The van der Waals surface area contributed by atoms with Gasteiger partial charge >= 0.3 is 0 Å². The molecule has 0 amide bonds. The number of nitrogens with one attached hydrogen (secondary N) is 1. The van der Waals surface area contributed by atoms with Crippen molar-refractivity contribution < 1.29 is 9.84 Å². The van der Waals surface area contributed by atoms with Crippen LogP contribution in [-0.4, -0.2) is 30.4 Å². The third-order valence-electron chi connectivity index (χ3n) is 3.93. The number of ether oxygens (including phenoxy) is 1. The van der Waals surface area contributed by atoms with Gasteiger partial charge in [-0.05, 0) is 64.6 Å². The average Bonchev–Trinajstić information content (AvgIpc) is 2.41. The maximum absolute atomic E-state index is 9.46. The van der Waals surface area contributed by atoms with Crippen LogP contribution in [0.5, 0.6) is 5.75 Å². The van der Waals surface area contributed by atoms with Gasteiger partial charge in [0.15, 0.2) is 0 Å². The number of benzene rings is 1. The quantitative estimate of drug-likeness (QED) is 0.685. The van der Waals surface area contributed by atoms with Gasteiger partial charge in [0, 0.05) is 5.54 Å². The fourth-order valence-electron chi connectivity index (χ4n) is 2.84. The first-order valence-electron chi connectivity index (χ1n) is 7.98. The van der Waals surface area contributed by atoms with E-state index >= 15 is 0 Å². The first kappa shape index (κ1) is 18.0. The van der Waals surface area contributed by atoms with Crippen LogP contribution in [0.4, 0.5) is 0 Å². The molecular weight excluding hydrogens is 262 g/mol. The van der Waals surface area contributed by atoms with E-state index in [2.05, 4.69) is 52.1 Å². The van der Waals surface area contributed by atoms with E-state index in [1.54, 1.807) is 0 Å². The molecule has 0 bridgehead atoms. The van der Waals surface area contributed by atoms with Crippen LogP contribution in [0.2, 0.25) is 0 Å². The zero-order valence-electron chi connectivity index (χ0n) is 14.3. The van der Waals surface area contributed by atoms with Crippen LogP contribution in [0.3, 0.4) is 0 Å². The molecule has 3 nitrogen and oxygen atoms in total. The molecule has 0 saturated carbocycles. The molecule has 0 spiro atoms. The molecule has 3 heteroatoms. The Labute approximate surface area is 129 Å². The molecule has 1 aromatic carbocycles. The van der Waals surface area contributed by atoms with Crippen molar-refractivity contribution in [3.8, 4) is 5.75 Å². The summed E-state index contributed by atoms with van der Waals surface area (Å²) in [5.41, 5.74) is 3.53. The van der Waals surface area contributed by atoms with Gasteiger partial charge in [-0.25, -0.2) is 0 Å². The van der Waals surface area contributed by atoms with Gasteiger partial charge in [0.25, 0.3) is 0 Å². The molecule has 120 valence electrons. The second-order valence-electron chi connectivity index (χ2n) is 6.28. The van der Waals surface area contributed by atoms with E-state index in [0.29, 0.717) is 0 Å². The van der Waals surface area contributed by atoms with Crippen LogP contribution in [0, 0.1) is 20.8 Å². The van der Waals surface area contributed by atoms with E-state index in [-0.39, 0.29) is 12.1 Å². The Morgan fingerprint density at radius 3 is 2.29 bits per heavy atom. The Balaban J connectivity index is 2.38. The van der Waals surface area contributed by atoms with Crippen LogP contribution in [0.25, 0.3) is 0 Å². The molecule has 0 aliphatic rings. The van der Waals surface area contributed by atoms with Crippen LogP contribution < -0.4 is 10.1 Å². The van der Waals surface area contributed by atoms with Crippen molar-refractivity contribution in [1.29, 1.82) is 0 Å². The zero-order valence-corrected chi connectivity index (χ0v) is 14.3. The Bertz CT molecular complexity index is 422. The SMILES string of the molecule is CCNC(C)(CO)CCCCOc1c(C)cc(C)cc1C. The number of aliphatic hydroxyl groups is 1. The summed E-state index contributed by atoms with van der Waals surface area (Å²) >= 11 is 0. The van der Waals surface area contributed by atoms with Crippen LogP contribution >= 0.6 is 0 Å². The summed E-state index contributed by atoms with van der Waals surface area (Å²) in [5, 5.41) is 12.8. The molecule has 0 aromatic heterocycles. The Kier molecular flexibility index (Phi) is 7.20. The number of hydrogen-bond donors (Lipinski definition) is 2. The fraction of sp³-hybridized carbons (Fsp3) is 0.667. The summed E-state index contributed by atoms with van der Waals surface area (Å²) in [4.78, 5) is 0. The van der Waals surface area contributed by atoms with Crippen molar-refractivity contribution in [1.82, 2.24) is 5.32 Å². The number of rotatable bonds is 9. The largest absolute Gasteiger partial charge is 0.493 e. The van der Waals surface area contributed by atoms with Gasteiger partial charge in [0.05, 0.1) is 13.2 Å². The second-order valence-corrected chi connectivity index (χ2v) is 6.28. The Hall–Kier alpha value is -1.06. The van der Waals surface area contributed by atoms with Gasteiger partial charge in [-0.15, -0.1) is 0 Å². The topological polar surface area (TPSA) is 41.5 Å². The van der Waals surface area contributed by atoms with Crippen molar-refractivity contribution >= 4 is 0 Å². The van der Waals surface area contributed by atoms with Gasteiger partial charge in [0.1, 0.15) is 5.75 Å². The zero-order chi connectivity index (χ0) is 15.9. The number of likely N-dealkylation sites (N-methyl/N-ethyl adjacent to an activating group) is 1. The van der Waals surface area contributed by atoms with Gasteiger partial charge < -0.3 is 15.2 Å². The van der Waals surface area contributed by atoms with Gasteiger partial charge in [-0.2, -0.15) is 0 Å². The summed E-state index contributed by atoms with van der Waals surface area (Å²) in [6.07, 6.45) is 3.02. The highest BCUT2D eigenvalue weighted by Gasteiger charge is 2.20. The van der Waals surface area contributed by atoms with Crippen molar-refractivity contribution in [2.45, 2.75) is 59.4 Å². The monoisotopic (exact) mass is 293 g/mol. The minimum Gasteiger partial charge on any atom is -0.493 e. The number of aliphatic hydroxyl groups excluding tert-OH is 1. The minimum atomic E-state index is -0.162. The smallest absolute Gasteiger partial charge is 0.125 e. The number of aryl methyl sites for hydroxylation is 3. The van der Waals surface area contributed by atoms with E-state index in [1.807, 2.05) is 0 Å². The lowest BCUT2D eigenvalue weighted by atomic mass is 9.96. The van der Waals surface area contributed by atoms with E-state index in [9.17, 15) is 5.11 Å². The average molecular weight is 293 g/mol. The van der Waals surface area contributed by atoms with Crippen molar-refractivity contribution in [2.75, 3.05) is 19.8 Å². The molecule has 1 unspecified atom stereocenters. The molecule has 0 saturated heterocycles. The molecule has 0 aliphatic carbocycles. The van der Waals surface area contributed by atoms with Crippen molar-refractivity contribution in [2.24, 2.45) is 0 Å². The lowest BCUT2D eigenvalue weighted by Gasteiger charge is -2.28. The van der Waals surface area contributed by atoms with E-state index in [4.69, 9.17) is 4.74 Å². The van der Waals surface area contributed by atoms with Gasteiger partial charge in [0.2, 0.25) is 0 Å². The van der Waals surface area contributed by atoms with E-state index in [0.717, 1.165) is 38.2 Å². The summed E-state index contributed by atoms with van der Waals surface area (Å²) in [7, 11) is 0. The first-order chi connectivity index (χ1) is 9.91. The molecule has 0 fully saturated rings. The van der Waals surface area contributed by atoms with Crippen LogP contribution in [-0.2, 0) is 0 Å². The summed E-state index contributed by atoms with van der Waals surface area (Å²) in [6.45, 7) is 12.3. The third kappa shape index (κ3) is 5.68. The van der Waals surface area contributed by atoms with Crippen LogP contribution in [0.1, 0.15) is 49.8 Å². The summed E-state index contributed by atoms with van der Waals surface area (Å²) in [5.74, 6) is 1.03. The lowest BCUT2D eigenvalue weighted by Crippen LogP contribution is -2.45. The standard InChI is InChI=1S/C18H31NO2/c1-6-19-18(5,13-20)9-7-8-10-21-17-15(3)11-14(2)12-16(17)4/h11-12,19-20H,6-10,13H2,1-5H3. The number of hydrogen-bond acceptors (Lipinski definition) is 3. The highest BCUT2D eigenvalue weighted by Crippen LogP contribution is 2.25. The molecule has 0 aliphatic heterocycles.